The summed E-state index contributed by atoms with van der Waals surface area (Å²) in [6.45, 7) is 8.09. The third-order valence-corrected chi connectivity index (χ3v) is 4.49. The molecule has 0 aromatic heterocycles. The summed E-state index contributed by atoms with van der Waals surface area (Å²) in [6, 6.07) is 0. The van der Waals surface area contributed by atoms with Gasteiger partial charge in [0.2, 0.25) is 0 Å². The van der Waals surface area contributed by atoms with E-state index in [1.54, 1.807) is 7.11 Å². The minimum absolute atomic E-state index is 0.377. The monoisotopic (exact) mass is 297 g/mol. The molecule has 0 spiro atoms. The fourth-order valence-corrected chi connectivity index (χ4v) is 3.10. The van der Waals surface area contributed by atoms with Gasteiger partial charge in [-0.1, -0.05) is 32.6 Å². The summed E-state index contributed by atoms with van der Waals surface area (Å²) in [6.07, 6.45) is 10.2. The smallest absolute Gasteiger partial charge is 0.191 e. The first-order valence-corrected chi connectivity index (χ1v) is 8.77. The Morgan fingerprint density at radius 3 is 2.52 bits per heavy atom. The zero-order chi connectivity index (χ0) is 15.4. The molecule has 0 aromatic rings. The van der Waals surface area contributed by atoms with Crippen LogP contribution in [0.5, 0.6) is 0 Å². The molecular weight excluding hydrogens is 262 g/mol. The highest BCUT2D eigenvalue weighted by atomic mass is 16.5. The molecule has 0 atom stereocenters. The largest absolute Gasteiger partial charge is 0.385 e. The van der Waals surface area contributed by atoms with Gasteiger partial charge in [0.05, 0.1) is 0 Å². The van der Waals surface area contributed by atoms with E-state index < -0.39 is 0 Å². The van der Waals surface area contributed by atoms with Crippen LogP contribution in [0.4, 0.5) is 0 Å². The summed E-state index contributed by atoms with van der Waals surface area (Å²) in [5, 5.41) is 6.82. The van der Waals surface area contributed by atoms with Gasteiger partial charge in [0.1, 0.15) is 0 Å². The molecule has 0 aromatic carbocycles. The average molecular weight is 297 g/mol. The van der Waals surface area contributed by atoms with Crippen LogP contribution in [0.15, 0.2) is 4.99 Å². The lowest BCUT2D eigenvalue weighted by molar-refractivity contribution is 0.141. The van der Waals surface area contributed by atoms with Crippen LogP contribution in [0.25, 0.3) is 0 Å². The predicted molar refractivity (Wildman–Crippen MR) is 90.9 cm³/mol. The maximum atomic E-state index is 5.30. The molecule has 0 bridgehead atoms. The quantitative estimate of drug-likeness (QED) is 0.369. The topological polar surface area (TPSA) is 45.7 Å². The summed E-state index contributed by atoms with van der Waals surface area (Å²) in [5.41, 5.74) is 0.377. The molecule has 1 aliphatic carbocycles. The molecule has 1 fully saturated rings. The maximum Gasteiger partial charge on any atom is 0.191 e. The van der Waals surface area contributed by atoms with E-state index in [-0.39, 0.29) is 0 Å². The Kier molecular flexibility index (Phi) is 9.48. The van der Waals surface area contributed by atoms with E-state index in [4.69, 9.17) is 9.73 Å². The highest BCUT2D eigenvalue weighted by Crippen LogP contribution is 2.41. The number of aliphatic imine (C=N–C) groups is 1. The summed E-state index contributed by atoms with van der Waals surface area (Å²) >= 11 is 0. The van der Waals surface area contributed by atoms with Crippen LogP contribution in [-0.2, 0) is 4.74 Å². The number of hydrogen-bond donors (Lipinski definition) is 2. The molecule has 0 unspecified atom stereocenters. The van der Waals surface area contributed by atoms with Crippen molar-refractivity contribution in [1.82, 2.24) is 10.6 Å². The number of nitrogens with zero attached hydrogens (tertiary/aromatic N) is 1. The van der Waals surface area contributed by atoms with E-state index >= 15 is 0 Å². The van der Waals surface area contributed by atoms with E-state index in [1.807, 2.05) is 0 Å². The third-order valence-electron chi connectivity index (χ3n) is 4.49. The maximum absolute atomic E-state index is 5.30. The number of guanidine groups is 1. The predicted octanol–water partition coefficient (Wildman–Crippen LogP) is 3.33. The third kappa shape index (κ3) is 7.16. The van der Waals surface area contributed by atoms with Gasteiger partial charge in [0.15, 0.2) is 5.96 Å². The van der Waals surface area contributed by atoms with Gasteiger partial charge in [-0.2, -0.15) is 0 Å². The lowest BCUT2D eigenvalue weighted by Crippen LogP contribution is -2.39. The minimum atomic E-state index is 0.377. The van der Waals surface area contributed by atoms with Crippen LogP contribution in [0.1, 0.15) is 65.2 Å². The first kappa shape index (κ1) is 18.3. The molecule has 0 amide bonds. The second kappa shape index (κ2) is 10.9. The zero-order valence-electron chi connectivity index (χ0n) is 14.3. The van der Waals surface area contributed by atoms with Crippen LogP contribution >= 0.6 is 0 Å². The Hall–Kier alpha value is -0.770. The molecular formula is C17H35N3O. The Morgan fingerprint density at radius 2 is 1.90 bits per heavy atom. The second-order valence-electron chi connectivity index (χ2n) is 6.28. The molecule has 4 heteroatoms. The molecule has 21 heavy (non-hydrogen) atoms. The van der Waals surface area contributed by atoms with Gasteiger partial charge in [0, 0.05) is 33.4 Å². The van der Waals surface area contributed by atoms with Crippen LogP contribution < -0.4 is 10.6 Å². The molecule has 0 radical (unpaired) electrons. The van der Waals surface area contributed by atoms with Gasteiger partial charge in [-0.25, -0.2) is 0 Å². The van der Waals surface area contributed by atoms with Crippen molar-refractivity contribution in [3.63, 3.8) is 0 Å². The van der Waals surface area contributed by atoms with Crippen molar-refractivity contribution < 1.29 is 4.74 Å². The van der Waals surface area contributed by atoms with Crippen molar-refractivity contribution in [2.45, 2.75) is 65.2 Å². The Balaban J connectivity index is 2.48. The molecule has 1 saturated carbocycles. The Morgan fingerprint density at radius 1 is 1.14 bits per heavy atom. The number of nitrogens with one attached hydrogen (secondary N) is 2. The van der Waals surface area contributed by atoms with Gasteiger partial charge in [-0.05, 0) is 38.0 Å². The molecule has 0 aliphatic heterocycles. The average Bonchev–Trinajstić information content (AvgIpc) is 2.96. The van der Waals surface area contributed by atoms with Gasteiger partial charge < -0.3 is 15.4 Å². The van der Waals surface area contributed by atoms with Crippen molar-refractivity contribution in [1.29, 1.82) is 0 Å². The first-order valence-electron chi connectivity index (χ1n) is 8.77. The summed E-state index contributed by atoms with van der Waals surface area (Å²) in [7, 11) is 1.80. The molecule has 0 heterocycles. The Bertz CT molecular complexity index is 286. The highest BCUT2D eigenvalue weighted by molar-refractivity contribution is 5.79. The minimum Gasteiger partial charge on any atom is -0.385 e. The summed E-state index contributed by atoms with van der Waals surface area (Å²) < 4.78 is 5.30. The van der Waals surface area contributed by atoms with E-state index in [0.29, 0.717) is 5.41 Å². The Labute approximate surface area is 131 Å². The number of methoxy groups -OCH3 is 1. The zero-order valence-corrected chi connectivity index (χ0v) is 14.3. The fraction of sp³-hybridized carbons (Fsp3) is 0.941. The van der Waals surface area contributed by atoms with Crippen molar-refractivity contribution in [2.24, 2.45) is 10.4 Å². The number of rotatable bonds is 10. The van der Waals surface area contributed by atoms with Gasteiger partial charge in [-0.15, -0.1) is 0 Å². The van der Waals surface area contributed by atoms with Crippen LogP contribution in [0.3, 0.4) is 0 Å². The van der Waals surface area contributed by atoms with Crippen molar-refractivity contribution in [3.05, 3.63) is 0 Å². The standard InChI is InChI=1S/C17H35N3O/c1-4-6-9-13-19-16(18-5-2)20-15-17(12-14-21-3)10-7-8-11-17/h4-15H2,1-3H3,(H2,18,19,20). The number of ether oxygens (including phenoxy) is 1. The van der Waals surface area contributed by atoms with E-state index in [0.717, 1.165) is 38.6 Å². The van der Waals surface area contributed by atoms with E-state index in [1.165, 1.54) is 44.9 Å². The highest BCUT2D eigenvalue weighted by Gasteiger charge is 2.33. The van der Waals surface area contributed by atoms with Gasteiger partial charge in [-0.3, -0.25) is 4.99 Å². The molecule has 4 nitrogen and oxygen atoms in total. The van der Waals surface area contributed by atoms with Crippen LogP contribution in [0.2, 0.25) is 0 Å². The lowest BCUT2D eigenvalue weighted by atomic mass is 9.83. The van der Waals surface area contributed by atoms with Gasteiger partial charge in [0.25, 0.3) is 0 Å². The molecule has 1 aliphatic rings. The summed E-state index contributed by atoms with van der Waals surface area (Å²) in [4.78, 5) is 4.86. The van der Waals surface area contributed by atoms with E-state index in [9.17, 15) is 0 Å². The van der Waals surface area contributed by atoms with Crippen LogP contribution in [0, 0.1) is 5.41 Å². The van der Waals surface area contributed by atoms with Crippen molar-refractivity contribution >= 4 is 5.96 Å². The van der Waals surface area contributed by atoms with Crippen molar-refractivity contribution in [3.8, 4) is 0 Å². The molecule has 2 N–H and O–H groups in total. The van der Waals surface area contributed by atoms with Crippen LogP contribution in [-0.4, -0.2) is 39.3 Å². The fourth-order valence-electron chi connectivity index (χ4n) is 3.10. The van der Waals surface area contributed by atoms with Crippen molar-refractivity contribution in [2.75, 3.05) is 33.4 Å². The summed E-state index contributed by atoms with van der Waals surface area (Å²) in [5.74, 6) is 0.984. The normalized spacial score (nSPS) is 18.0. The molecule has 1 rings (SSSR count). The lowest BCUT2D eigenvalue weighted by Gasteiger charge is -2.27. The first-order chi connectivity index (χ1) is 10.3. The molecule has 0 saturated heterocycles. The second-order valence-corrected chi connectivity index (χ2v) is 6.28. The SMILES string of the molecule is CCCCCNC(=NCC1(CCOC)CCCC1)NCC. The number of hydrogen-bond acceptors (Lipinski definition) is 2. The number of unbranched alkanes of at least 4 members (excludes halogenated alkanes) is 2. The van der Waals surface area contributed by atoms with E-state index in [2.05, 4.69) is 24.5 Å². The molecule has 124 valence electrons. The van der Waals surface area contributed by atoms with Gasteiger partial charge >= 0.3 is 0 Å².